The van der Waals surface area contributed by atoms with Gasteiger partial charge in [0.15, 0.2) is 17.3 Å². The topological polar surface area (TPSA) is 112 Å². The molecule has 0 fully saturated rings. The van der Waals surface area contributed by atoms with Gasteiger partial charge in [-0.15, -0.1) is 11.3 Å². The maximum absolute atomic E-state index is 13.4. The molecule has 2 aliphatic carbocycles. The van der Waals surface area contributed by atoms with Crippen LogP contribution < -0.4 is 20.1 Å². The number of hydrogen-bond acceptors (Lipinski definition) is 8. The zero-order chi connectivity index (χ0) is 23.4. The Kier molecular flexibility index (Phi) is 4.86. The Labute approximate surface area is 201 Å². The normalized spacial score (nSPS) is 21.2. The lowest BCUT2D eigenvalue weighted by Gasteiger charge is -2.39. The van der Waals surface area contributed by atoms with Gasteiger partial charge in [-0.05, 0) is 61.8 Å². The van der Waals surface area contributed by atoms with Gasteiger partial charge in [0.05, 0.1) is 23.1 Å². The molecule has 0 spiro atoms. The maximum atomic E-state index is 13.4. The molecule has 6 rings (SSSR count). The number of rotatable bonds is 2. The highest BCUT2D eigenvalue weighted by Gasteiger charge is 2.42. The van der Waals surface area contributed by atoms with Gasteiger partial charge in [-0.25, -0.2) is 0 Å². The van der Waals surface area contributed by atoms with Crippen molar-refractivity contribution in [2.75, 3.05) is 11.7 Å². The molecule has 0 amide bonds. The largest absolute Gasteiger partial charge is 0.454 e. The summed E-state index contributed by atoms with van der Waals surface area (Å²) in [7, 11) is 0. The van der Waals surface area contributed by atoms with E-state index in [2.05, 4.69) is 12.1 Å². The monoisotopic (exact) mass is 470 g/mol. The highest BCUT2D eigenvalue weighted by atomic mass is 32.1. The van der Waals surface area contributed by atoms with Gasteiger partial charge in [-0.1, -0.05) is 6.07 Å². The molecular formula is C26H22N4O3S. The molecule has 1 aromatic carbocycles. The Morgan fingerprint density at radius 2 is 1.85 bits per heavy atom. The molecule has 8 heteroatoms. The summed E-state index contributed by atoms with van der Waals surface area (Å²) in [5, 5.41) is 21.1. The van der Waals surface area contributed by atoms with E-state index in [0.29, 0.717) is 53.3 Å². The second-order valence-corrected chi connectivity index (χ2v) is 10.0. The summed E-state index contributed by atoms with van der Waals surface area (Å²) in [6.45, 7) is 0.146. The van der Waals surface area contributed by atoms with Crippen LogP contribution in [-0.2, 0) is 17.6 Å². The number of benzene rings is 1. The molecule has 0 saturated heterocycles. The molecule has 2 aromatic rings. The fourth-order valence-electron chi connectivity index (χ4n) is 5.57. The van der Waals surface area contributed by atoms with Crippen molar-refractivity contribution in [3.05, 3.63) is 62.4 Å². The minimum Gasteiger partial charge on any atom is -0.454 e. The first-order chi connectivity index (χ1) is 16.6. The Morgan fingerprint density at radius 3 is 2.68 bits per heavy atom. The van der Waals surface area contributed by atoms with Crippen molar-refractivity contribution in [2.45, 2.75) is 50.9 Å². The van der Waals surface area contributed by atoms with Crippen molar-refractivity contribution in [3.63, 3.8) is 0 Å². The zero-order valence-electron chi connectivity index (χ0n) is 18.5. The molecule has 0 unspecified atom stereocenters. The summed E-state index contributed by atoms with van der Waals surface area (Å²) in [4.78, 5) is 16.4. The third-order valence-corrected chi connectivity index (χ3v) is 8.39. The minimum absolute atomic E-state index is 0.0222. The predicted molar refractivity (Wildman–Crippen MR) is 126 cm³/mol. The molecule has 0 bridgehead atoms. The number of fused-ring (bicyclic) bond motifs is 2. The summed E-state index contributed by atoms with van der Waals surface area (Å²) in [6.07, 6.45) is 5.79. The van der Waals surface area contributed by atoms with E-state index < -0.39 is 5.92 Å². The Balaban J connectivity index is 1.57. The van der Waals surface area contributed by atoms with Crippen molar-refractivity contribution >= 4 is 22.1 Å². The van der Waals surface area contributed by atoms with Crippen molar-refractivity contribution in [1.29, 1.82) is 10.5 Å². The van der Waals surface area contributed by atoms with E-state index in [4.69, 9.17) is 15.2 Å². The fourth-order valence-corrected chi connectivity index (χ4v) is 6.95. The van der Waals surface area contributed by atoms with Gasteiger partial charge in [0.25, 0.3) is 0 Å². The van der Waals surface area contributed by atoms with Gasteiger partial charge in [0, 0.05) is 22.6 Å². The zero-order valence-corrected chi connectivity index (χ0v) is 19.3. The third-order valence-electron chi connectivity index (χ3n) is 7.11. The number of aryl methyl sites for hydroxylation is 1. The van der Waals surface area contributed by atoms with Crippen LogP contribution in [-0.4, -0.2) is 12.6 Å². The van der Waals surface area contributed by atoms with Crippen molar-refractivity contribution in [2.24, 2.45) is 5.73 Å². The van der Waals surface area contributed by atoms with E-state index in [9.17, 15) is 15.3 Å². The maximum Gasteiger partial charge on any atom is 0.231 e. The van der Waals surface area contributed by atoms with Gasteiger partial charge in [-0.3, -0.25) is 9.69 Å². The second-order valence-electron chi connectivity index (χ2n) is 8.93. The summed E-state index contributed by atoms with van der Waals surface area (Å²) >= 11 is 1.58. The number of ketones is 1. The molecule has 7 nitrogen and oxygen atoms in total. The van der Waals surface area contributed by atoms with Crippen LogP contribution >= 0.6 is 11.3 Å². The summed E-state index contributed by atoms with van der Waals surface area (Å²) in [5.74, 6) is 0.990. The molecule has 0 saturated carbocycles. The lowest BCUT2D eigenvalue weighted by atomic mass is 9.75. The first-order valence-electron chi connectivity index (χ1n) is 11.5. The van der Waals surface area contributed by atoms with Crippen molar-refractivity contribution in [3.8, 4) is 23.6 Å². The molecule has 0 radical (unpaired) electrons. The predicted octanol–water partition coefficient (Wildman–Crippen LogP) is 4.53. The number of anilines is 1. The SMILES string of the molecule is N#CC1=C(N)N(c2sc3c(c2C#N)CCCC3)C2=C(C(=O)CCC2)[C@@H]1c1ccc2c(c1)OCO2. The van der Waals surface area contributed by atoms with Crippen LogP contribution in [0.2, 0.25) is 0 Å². The number of carbonyl (C=O) groups excluding carboxylic acids is 1. The van der Waals surface area contributed by atoms with Gasteiger partial charge < -0.3 is 15.2 Å². The number of nitriles is 2. The summed E-state index contributed by atoms with van der Waals surface area (Å²) in [6, 6.07) is 10.2. The Hall–Kier alpha value is -3.75. The third kappa shape index (κ3) is 2.96. The lowest BCUT2D eigenvalue weighted by molar-refractivity contribution is -0.116. The second kappa shape index (κ2) is 7.93. The Morgan fingerprint density at radius 1 is 1.03 bits per heavy atom. The van der Waals surface area contributed by atoms with Crippen LogP contribution in [0, 0.1) is 22.7 Å². The van der Waals surface area contributed by atoms with Crippen LogP contribution in [0.3, 0.4) is 0 Å². The average Bonchev–Trinajstić information content (AvgIpc) is 3.47. The number of hydrogen-bond donors (Lipinski definition) is 1. The smallest absolute Gasteiger partial charge is 0.231 e. The van der Waals surface area contributed by atoms with E-state index in [1.165, 1.54) is 4.88 Å². The number of carbonyl (C=O) groups is 1. The molecule has 34 heavy (non-hydrogen) atoms. The van der Waals surface area contributed by atoms with Crippen LogP contribution in [0.15, 0.2) is 40.9 Å². The Bertz CT molecular complexity index is 1390. The molecular weight excluding hydrogens is 448 g/mol. The fraction of sp³-hybridized carbons (Fsp3) is 0.346. The lowest BCUT2D eigenvalue weighted by Crippen LogP contribution is -2.38. The minimum atomic E-state index is -0.571. The van der Waals surface area contributed by atoms with E-state index in [1.54, 1.807) is 11.3 Å². The number of Topliss-reactive ketones (excluding diaryl/α,β-unsaturated/α-hetero) is 1. The van der Waals surface area contributed by atoms with Crippen LogP contribution in [0.1, 0.15) is 59.6 Å². The van der Waals surface area contributed by atoms with Gasteiger partial charge >= 0.3 is 0 Å². The van der Waals surface area contributed by atoms with Crippen molar-refractivity contribution < 1.29 is 14.3 Å². The molecule has 1 aromatic heterocycles. The number of nitrogens with two attached hydrogens (primary N) is 1. The first-order valence-corrected chi connectivity index (χ1v) is 12.3. The van der Waals surface area contributed by atoms with E-state index in [-0.39, 0.29) is 12.6 Å². The average molecular weight is 471 g/mol. The molecule has 2 aliphatic heterocycles. The molecule has 3 heterocycles. The first kappa shape index (κ1) is 20.8. The van der Waals surface area contributed by atoms with Crippen LogP contribution in [0.25, 0.3) is 0 Å². The van der Waals surface area contributed by atoms with Crippen LogP contribution in [0.4, 0.5) is 5.00 Å². The molecule has 2 N–H and O–H groups in total. The van der Waals surface area contributed by atoms with Gasteiger partial charge in [0.2, 0.25) is 6.79 Å². The number of ether oxygens (including phenoxy) is 2. The van der Waals surface area contributed by atoms with E-state index >= 15 is 0 Å². The number of thiophene rings is 1. The number of allylic oxidation sites excluding steroid dienone is 3. The molecule has 4 aliphatic rings. The van der Waals surface area contributed by atoms with Crippen LogP contribution in [0.5, 0.6) is 11.5 Å². The van der Waals surface area contributed by atoms with E-state index in [0.717, 1.165) is 47.5 Å². The number of nitrogens with zero attached hydrogens (tertiary/aromatic N) is 3. The molecule has 1 atom stereocenters. The highest BCUT2D eigenvalue weighted by Crippen LogP contribution is 2.51. The van der Waals surface area contributed by atoms with Gasteiger partial charge in [0.1, 0.15) is 16.9 Å². The quantitative estimate of drug-likeness (QED) is 0.686. The summed E-state index contributed by atoms with van der Waals surface area (Å²) in [5.41, 5.74) is 11.0. The highest BCUT2D eigenvalue weighted by molar-refractivity contribution is 7.16. The van der Waals surface area contributed by atoms with Gasteiger partial charge in [-0.2, -0.15) is 10.5 Å². The van der Waals surface area contributed by atoms with Crippen molar-refractivity contribution in [1.82, 2.24) is 0 Å². The van der Waals surface area contributed by atoms with E-state index in [1.807, 2.05) is 23.1 Å². The summed E-state index contributed by atoms with van der Waals surface area (Å²) < 4.78 is 11.0. The molecule has 170 valence electrons. The standard InChI is InChI=1S/C26H22N4O3S/c27-11-16-15-4-1-2-7-22(15)34-26(16)30-18-5-3-6-19(31)24(18)23(17(12-28)25(30)29)14-8-9-20-21(10-14)33-13-32-20/h8-10,23H,1-7,13,29H2/t23-/m1/s1.